The first-order valence-corrected chi connectivity index (χ1v) is 27.0. The Labute approximate surface area is 454 Å². The van der Waals surface area contributed by atoms with E-state index < -0.39 is 0 Å². The third kappa shape index (κ3) is 7.93. The van der Waals surface area contributed by atoms with Gasteiger partial charge in [-0.15, -0.1) is 0 Å². The third-order valence-corrected chi connectivity index (χ3v) is 16.2. The lowest BCUT2D eigenvalue weighted by molar-refractivity contribution is 1.54. The van der Waals surface area contributed by atoms with Crippen molar-refractivity contribution in [1.29, 1.82) is 0 Å². The first-order valence-electron chi connectivity index (χ1n) is 27.0. The van der Waals surface area contributed by atoms with Crippen LogP contribution >= 0.6 is 0 Å². The second-order valence-corrected chi connectivity index (χ2v) is 20.7. The molecule has 0 aliphatic rings. The Hall–Kier alpha value is -10.1. The fourth-order valence-corrected chi connectivity index (χ4v) is 12.4. The van der Waals surface area contributed by atoms with Gasteiger partial charge in [0.25, 0.3) is 0 Å². The highest BCUT2D eigenvalue weighted by molar-refractivity contribution is 6.22. The molecular weight excluding hydrogens is 937 g/mol. The van der Waals surface area contributed by atoms with Gasteiger partial charge in [0, 0.05) is 0 Å². The van der Waals surface area contributed by atoms with E-state index in [-0.39, 0.29) is 0 Å². The number of rotatable bonds is 8. The monoisotopic (exact) mass is 986 g/mol. The molecular formula is C78H50. The van der Waals surface area contributed by atoms with Crippen molar-refractivity contribution in [2.75, 3.05) is 0 Å². The highest BCUT2D eigenvalue weighted by Gasteiger charge is 2.21. The van der Waals surface area contributed by atoms with Crippen LogP contribution in [0.15, 0.2) is 303 Å². The maximum atomic E-state index is 2.43. The highest BCUT2D eigenvalue weighted by Crippen LogP contribution is 2.48. The first-order chi connectivity index (χ1) is 38.6. The fourth-order valence-electron chi connectivity index (χ4n) is 12.4. The van der Waals surface area contributed by atoms with Crippen molar-refractivity contribution in [3.63, 3.8) is 0 Å². The molecule has 362 valence electrons. The number of fused-ring (bicyclic) bond motifs is 7. The molecule has 0 fully saturated rings. The van der Waals surface area contributed by atoms with E-state index in [1.165, 1.54) is 143 Å². The van der Waals surface area contributed by atoms with Crippen LogP contribution < -0.4 is 0 Å². The van der Waals surface area contributed by atoms with E-state index in [1.54, 1.807) is 0 Å². The minimum absolute atomic E-state index is 1.16. The van der Waals surface area contributed by atoms with Crippen LogP contribution in [-0.4, -0.2) is 0 Å². The summed E-state index contributed by atoms with van der Waals surface area (Å²) in [5.41, 5.74) is 19.1. The summed E-state index contributed by atoms with van der Waals surface area (Å²) in [6.45, 7) is 0. The van der Waals surface area contributed by atoms with E-state index in [0.717, 1.165) is 11.1 Å². The molecule has 0 aliphatic heterocycles. The van der Waals surface area contributed by atoms with Gasteiger partial charge in [0.05, 0.1) is 0 Å². The Balaban J connectivity index is 0.917. The topological polar surface area (TPSA) is 0 Å². The van der Waals surface area contributed by atoms with E-state index in [9.17, 15) is 0 Å². The Morgan fingerprint density at radius 2 is 0.474 bits per heavy atom. The van der Waals surface area contributed by atoms with Crippen LogP contribution in [0.5, 0.6) is 0 Å². The zero-order valence-electron chi connectivity index (χ0n) is 42.9. The molecule has 15 rings (SSSR count). The SMILES string of the molecule is c1ccc(-c2c(-c3ccc(-c4ccc5ccccc5c4)cc3)cc(-c3cccc(-c4c5ccccc5c(-c5ccc6ccc7ccccc7c6c5)c5ccccc45)c3)cc2-c2ccc(-c3ccc4ccccc4c3)cc2)cc1. The Bertz CT molecular complexity index is 4610. The molecule has 15 aromatic carbocycles. The molecule has 78 heavy (non-hydrogen) atoms. The van der Waals surface area contributed by atoms with E-state index in [1.807, 2.05) is 0 Å². The Morgan fingerprint density at radius 3 is 1.01 bits per heavy atom. The summed E-state index contributed by atoms with van der Waals surface area (Å²) in [4.78, 5) is 0. The molecule has 0 heterocycles. The lowest BCUT2D eigenvalue weighted by atomic mass is 9.83. The normalized spacial score (nSPS) is 11.6. The molecule has 0 radical (unpaired) electrons. The quantitative estimate of drug-likeness (QED) is 0.105. The molecule has 0 saturated carbocycles. The maximum absolute atomic E-state index is 2.43. The molecule has 0 N–H and O–H groups in total. The summed E-state index contributed by atoms with van der Waals surface area (Å²) in [6, 6.07) is 113. The summed E-state index contributed by atoms with van der Waals surface area (Å²) in [5.74, 6) is 0. The predicted molar refractivity (Wildman–Crippen MR) is 335 cm³/mol. The van der Waals surface area contributed by atoms with E-state index in [2.05, 4.69) is 303 Å². The van der Waals surface area contributed by atoms with Crippen LogP contribution in [0.25, 0.3) is 154 Å². The van der Waals surface area contributed by atoms with Crippen molar-refractivity contribution in [1.82, 2.24) is 0 Å². The van der Waals surface area contributed by atoms with Crippen LogP contribution in [0, 0.1) is 0 Å². The molecule has 0 aromatic heterocycles. The van der Waals surface area contributed by atoms with Crippen LogP contribution in [0.2, 0.25) is 0 Å². The van der Waals surface area contributed by atoms with E-state index >= 15 is 0 Å². The summed E-state index contributed by atoms with van der Waals surface area (Å²) in [6.07, 6.45) is 0. The summed E-state index contributed by atoms with van der Waals surface area (Å²) >= 11 is 0. The van der Waals surface area contributed by atoms with Crippen molar-refractivity contribution < 1.29 is 0 Å². The lowest BCUT2D eigenvalue weighted by Crippen LogP contribution is -1.94. The standard InChI is InChI=1S/C78H50/c1-2-18-59(19-3-1)76-74(57-35-29-53(30-36-57)63-42-33-51-15-4-6-20-60(51)45-63)49-67(50-75(76)58-37-31-54(32-38-58)64-43-34-52-16-5-7-21-61(52)46-64)62-22-14-23-65(47-62)77-69-25-10-12-27-71(69)78(72-28-13-11-26-70(72)77)66-44-41-56-40-39-55-17-8-9-24-68(55)73(56)48-66/h1-50H. The molecule has 0 atom stereocenters. The minimum Gasteiger partial charge on any atom is -0.0622 e. The minimum atomic E-state index is 1.16. The molecule has 0 spiro atoms. The zero-order chi connectivity index (χ0) is 51.5. The molecule has 0 unspecified atom stereocenters. The summed E-state index contributed by atoms with van der Waals surface area (Å²) < 4.78 is 0. The smallest absolute Gasteiger partial charge is 0.00261 e. The van der Waals surface area contributed by atoms with Crippen molar-refractivity contribution in [2.45, 2.75) is 0 Å². The molecule has 0 bridgehead atoms. The number of hydrogen-bond donors (Lipinski definition) is 0. The van der Waals surface area contributed by atoms with Crippen LogP contribution in [0.4, 0.5) is 0 Å². The van der Waals surface area contributed by atoms with Crippen molar-refractivity contribution in [2.24, 2.45) is 0 Å². The maximum Gasteiger partial charge on any atom is -0.00261 e. The van der Waals surface area contributed by atoms with Gasteiger partial charge in [-0.05, 0) is 190 Å². The summed E-state index contributed by atoms with van der Waals surface area (Å²) in [5, 5.41) is 15.0. The van der Waals surface area contributed by atoms with Crippen molar-refractivity contribution >= 4 is 64.6 Å². The fraction of sp³-hybridized carbons (Fsp3) is 0. The Kier molecular flexibility index (Phi) is 11.0. The second-order valence-electron chi connectivity index (χ2n) is 20.7. The molecule has 15 aromatic rings. The van der Waals surface area contributed by atoms with Crippen molar-refractivity contribution in [3.8, 4) is 89.0 Å². The van der Waals surface area contributed by atoms with E-state index in [0.29, 0.717) is 0 Å². The van der Waals surface area contributed by atoms with Crippen LogP contribution in [0.1, 0.15) is 0 Å². The molecule has 0 saturated heterocycles. The van der Waals surface area contributed by atoms with Crippen molar-refractivity contribution in [3.05, 3.63) is 303 Å². The van der Waals surface area contributed by atoms with Crippen LogP contribution in [-0.2, 0) is 0 Å². The largest absolute Gasteiger partial charge is 0.0622 e. The van der Waals surface area contributed by atoms with Gasteiger partial charge in [0.15, 0.2) is 0 Å². The highest BCUT2D eigenvalue weighted by atomic mass is 14.2. The third-order valence-electron chi connectivity index (χ3n) is 16.2. The van der Waals surface area contributed by atoms with Gasteiger partial charge in [-0.3, -0.25) is 0 Å². The first kappa shape index (κ1) is 45.3. The second kappa shape index (κ2) is 18.9. The predicted octanol–water partition coefficient (Wildman–Crippen LogP) is 21.9. The number of hydrogen-bond acceptors (Lipinski definition) is 0. The van der Waals surface area contributed by atoms with Gasteiger partial charge in [-0.1, -0.05) is 267 Å². The Morgan fingerprint density at radius 1 is 0.128 bits per heavy atom. The zero-order valence-corrected chi connectivity index (χ0v) is 42.9. The molecule has 0 aliphatic carbocycles. The molecule has 0 nitrogen and oxygen atoms in total. The van der Waals surface area contributed by atoms with Gasteiger partial charge in [0.2, 0.25) is 0 Å². The van der Waals surface area contributed by atoms with Gasteiger partial charge in [0.1, 0.15) is 0 Å². The van der Waals surface area contributed by atoms with Crippen LogP contribution in [0.3, 0.4) is 0 Å². The van der Waals surface area contributed by atoms with Gasteiger partial charge < -0.3 is 0 Å². The van der Waals surface area contributed by atoms with Gasteiger partial charge in [-0.25, -0.2) is 0 Å². The van der Waals surface area contributed by atoms with Gasteiger partial charge >= 0.3 is 0 Å². The van der Waals surface area contributed by atoms with E-state index in [4.69, 9.17) is 0 Å². The average Bonchev–Trinajstić information content (AvgIpc) is 3.65. The average molecular weight is 987 g/mol. The molecule has 0 heteroatoms. The number of benzene rings is 15. The van der Waals surface area contributed by atoms with Gasteiger partial charge in [-0.2, -0.15) is 0 Å². The lowest BCUT2D eigenvalue weighted by Gasteiger charge is -2.21. The molecule has 0 amide bonds. The summed E-state index contributed by atoms with van der Waals surface area (Å²) in [7, 11) is 0.